The third-order valence-electron chi connectivity index (χ3n) is 4.73. The normalized spacial score (nSPS) is 15.4. The van der Waals surface area contributed by atoms with Gasteiger partial charge < -0.3 is 14.2 Å². The maximum atomic E-state index is 12.9. The average molecular weight is 407 g/mol. The Labute approximate surface area is 166 Å². The van der Waals surface area contributed by atoms with Crippen LogP contribution in [0.5, 0.6) is 11.5 Å². The molecule has 1 aliphatic heterocycles. The van der Waals surface area contributed by atoms with Crippen LogP contribution in [-0.2, 0) is 27.8 Å². The smallest absolute Gasteiger partial charge is 0.244 e. The molecule has 1 aliphatic rings. The van der Waals surface area contributed by atoms with Crippen molar-refractivity contribution in [1.29, 1.82) is 0 Å². The van der Waals surface area contributed by atoms with Crippen molar-refractivity contribution in [2.75, 3.05) is 40.5 Å². The van der Waals surface area contributed by atoms with E-state index in [-0.39, 0.29) is 17.2 Å². The maximum absolute atomic E-state index is 12.9. The van der Waals surface area contributed by atoms with Crippen LogP contribution in [0.2, 0.25) is 0 Å². The molecule has 0 spiro atoms. The number of methoxy groups -OCH3 is 2. The lowest BCUT2D eigenvalue weighted by molar-refractivity contribution is 0.0341. The van der Waals surface area contributed by atoms with Gasteiger partial charge in [-0.05, 0) is 23.3 Å². The Morgan fingerprint density at radius 2 is 1.75 bits per heavy atom. The van der Waals surface area contributed by atoms with E-state index in [0.717, 1.165) is 44.0 Å². The van der Waals surface area contributed by atoms with Gasteiger partial charge in [-0.2, -0.15) is 0 Å². The van der Waals surface area contributed by atoms with Gasteiger partial charge in [-0.25, -0.2) is 13.1 Å². The summed E-state index contributed by atoms with van der Waals surface area (Å²) in [5.41, 5.74) is 2.05. The van der Waals surface area contributed by atoms with Gasteiger partial charge in [0.2, 0.25) is 10.0 Å². The quantitative estimate of drug-likeness (QED) is 0.723. The van der Waals surface area contributed by atoms with Gasteiger partial charge in [0.25, 0.3) is 0 Å². The SMILES string of the molecule is COc1ccc(OC)c(S(=O)(=O)NCc2ccccc2CN2CCOCC2)c1. The van der Waals surface area contributed by atoms with Crippen LogP contribution >= 0.6 is 0 Å². The lowest BCUT2D eigenvalue weighted by Gasteiger charge is -2.27. The van der Waals surface area contributed by atoms with E-state index in [1.165, 1.54) is 20.3 Å². The van der Waals surface area contributed by atoms with E-state index >= 15 is 0 Å². The van der Waals surface area contributed by atoms with Gasteiger partial charge in [0.15, 0.2) is 0 Å². The Kier molecular flexibility index (Phi) is 6.90. The molecule has 2 aromatic carbocycles. The van der Waals surface area contributed by atoms with Crippen molar-refractivity contribution in [2.24, 2.45) is 0 Å². The van der Waals surface area contributed by atoms with Crippen LogP contribution in [0, 0.1) is 0 Å². The van der Waals surface area contributed by atoms with Gasteiger partial charge in [0.1, 0.15) is 16.4 Å². The van der Waals surface area contributed by atoms with Crippen LogP contribution in [0.15, 0.2) is 47.4 Å². The number of nitrogens with zero attached hydrogens (tertiary/aromatic N) is 1. The van der Waals surface area contributed by atoms with Crippen LogP contribution in [0.1, 0.15) is 11.1 Å². The number of ether oxygens (including phenoxy) is 3. The fourth-order valence-electron chi connectivity index (χ4n) is 3.13. The minimum atomic E-state index is -3.77. The third-order valence-corrected chi connectivity index (χ3v) is 6.15. The first-order valence-electron chi connectivity index (χ1n) is 9.12. The summed E-state index contributed by atoms with van der Waals surface area (Å²) in [6.45, 7) is 4.17. The molecular formula is C20H26N2O5S. The third kappa shape index (κ3) is 5.02. The number of rotatable bonds is 8. The molecule has 152 valence electrons. The Balaban J connectivity index is 1.76. The molecule has 28 heavy (non-hydrogen) atoms. The van der Waals surface area contributed by atoms with Crippen LogP contribution in [0.25, 0.3) is 0 Å². The molecule has 0 radical (unpaired) electrons. The molecule has 1 saturated heterocycles. The molecule has 0 amide bonds. The Morgan fingerprint density at radius 3 is 2.43 bits per heavy atom. The van der Waals surface area contributed by atoms with Crippen molar-refractivity contribution in [3.8, 4) is 11.5 Å². The number of morpholine rings is 1. The van der Waals surface area contributed by atoms with Gasteiger partial charge in [-0.1, -0.05) is 24.3 Å². The van der Waals surface area contributed by atoms with Crippen LogP contribution in [-0.4, -0.2) is 53.8 Å². The number of sulfonamides is 1. The lowest BCUT2D eigenvalue weighted by Crippen LogP contribution is -2.36. The highest BCUT2D eigenvalue weighted by Crippen LogP contribution is 2.28. The van der Waals surface area contributed by atoms with Gasteiger partial charge in [0, 0.05) is 32.2 Å². The number of hydrogen-bond donors (Lipinski definition) is 1. The predicted octanol–water partition coefficient (Wildman–Crippen LogP) is 2.01. The fourth-order valence-corrected chi connectivity index (χ4v) is 4.32. The minimum absolute atomic E-state index is 0.0556. The van der Waals surface area contributed by atoms with E-state index in [9.17, 15) is 8.42 Å². The summed E-state index contributed by atoms with van der Waals surface area (Å²) in [7, 11) is -0.836. The summed E-state index contributed by atoms with van der Waals surface area (Å²) in [4.78, 5) is 2.36. The minimum Gasteiger partial charge on any atom is -0.497 e. The molecule has 3 rings (SSSR count). The first kappa shape index (κ1) is 20.6. The first-order chi connectivity index (χ1) is 13.5. The summed E-state index contributed by atoms with van der Waals surface area (Å²) in [6.07, 6.45) is 0. The molecule has 0 bridgehead atoms. The van der Waals surface area contributed by atoms with E-state index in [1.54, 1.807) is 12.1 Å². The summed E-state index contributed by atoms with van der Waals surface area (Å²) in [6, 6.07) is 12.6. The van der Waals surface area contributed by atoms with Crippen LogP contribution in [0.4, 0.5) is 0 Å². The molecule has 7 nitrogen and oxygen atoms in total. The molecule has 1 fully saturated rings. The zero-order chi connectivity index (χ0) is 20.0. The lowest BCUT2D eigenvalue weighted by atomic mass is 10.1. The van der Waals surface area contributed by atoms with E-state index < -0.39 is 10.0 Å². The highest BCUT2D eigenvalue weighted by Gasteiger charge is 2.21. The van der Waals surface area contributed by atoms with Crippen molar-refractivity contribution in [3.63, 3.8) is 0 Å². The van der Waals surface area contributed by atoms with Crippen molar-refractivity contribution in [1.82, 2.24) is 9.62 Å². The van der Waals surface area contributed by atoms with Gasteiger partial charge >= 0.3 is 0 Å². The molecule has 8 heteroatoms. The van der Waals surface area contributed by atoms with Crippen LogP contribution in [0.3, 0.4) is 0 Å². The molecule has 2 aromatic rings. The van der Waals surface area contributed by atoms with Gasteiger partial charge in [-0.15, -0.1) is 0 Å². The highest BCUT2D eigenvalue weighted by atomic mass is 32.2. The highest BCUT2D eigenvalue weighted by molar-refractivity contribution is 7.89. The van der Waals surface area contributed by atoms with E-state index in [2.05, 4.69) is 9.62 Å². The summed E-state index contributed by atoms with van der Waals surface area (Å²) in [5, 5.41) is 0. The second kappa shape index (κ2) is 9.38. The van der Waals surface area contributed by atoms with E-state index in [4.69, 9.17) is 14.2 Å². The van der Waals surface area contributed by atoms with E-state index in [1.807, 2.05) is 24.3 Å². The first-order valence-corrected chi connectivity index (χ1v) is 10.6. The zero-order valence-corrected chi connectivity index (χ0v) is 17.0. The molecule has 0 saturated carbocycles. The summed E-state index contributed by atoms with van der Waals surface area (Å²) >= 11 is 0. The Bertz CT molecular complexity index is 895. The summed E-state index contributed by atoms with van der Waals surface area (Å²) in [5.74, 6) is 0.726. The predicted molar refractivity (Wildman–Crippen MR) is 106 cm³/mol. The number of benzene rings is 2. The number of nitrogens with one attached hydrogen (secondary N) is 1. The van der Waals surface area contributed by atoms with Crippen molar-refractivity contribution >= 4 is 10.0 Å². The molecule has 1 heterocycles. The Morgan fingerprint density at radius 1 is 1.04 bits per heavy atom. The monoisotopic (exact) mass is 406 g/mol. The maximum Gasteiger partial charge on any atom is 0.244 e. The molecule has 0 aliphatic carbocycles. The van der Waals surface area contributed by atoms with E-state index in [0.29, 0.717) is 5.75 Å². The molecule has 0 aromatic heterocycles. The topological polar surface area (TPSA) is 77.1 Å². The van der Waals surface area contributed by atoms with Gasteiger partial charge in [-0.3, -0.25) is 4.90 Å². The second-order valence-electron chi connectivity index (χ2n) is 6.50. The van der Waals surface area contributed by atoms with Gasteiger partial charge in [0.05, 0.1) is 27.4 Å². The molecule has 0 atom stereocenters. The fraction of sp³-hybridized carbons (Fsp3) is 0.400. The van der Waals surface area contributed by atoms with Crippen molar-refractivity contribution in [3.05, 3.63) is 53.6 Å². The molecule has 0 unspecified atom stereocenters. The average Bonchev–Trinajstić information content (AvgIpc) is 2.73. The molecule has 1 N–H and O–H groups in total. The number of hydrogen-bond acceptors (Lipinski definition) is 6. The summed E-state index contributed by atoms with van der Waals surface area (Å²) < 4.78 is 44.2. The standard InChI is InChI=1S/C20H26N2O5S/c1-25-18-7-8-19(26-2)20(13-18)28(23,24)21-14-16-5-3-4-6-17(16)15-22-9-11-27-12-10-22/h3-8,13,21H,9-12,14-15H2,1-2H3. The van der Waals surface area contributed by atoms with Crippen molar-refractivity contribution < 1.29 is 22.6 Å². The zero-order valence-electron chi connectivity index (χ0n) is 16.2. The Hall–Kier alpha value is -2.13. The van der Waals surface area contributed by atoms with Crippen LogP contribution < -0.4 is 14.2 Å². The second-order valence-corrected chi connectivity index (χ2v) is 8.23. The largest absolute Gasteiger partial charge is 0.497 e. The molecular weight excluding hydrogens is 380 g/mol. The van der Waals surface area contributed by atoms with Crippen molar-refractivity contribution in [2.45, 2.75) is 18.0 Å².